The van der Waals surface area contributed by atoms with Gasteiger partial charge in [-0.15, -0.1) is 0 Å². The molecule has 2 saturated heterocycles. The van der Waals surface area contributed by atoms with Gasteiger partial charge in [0.05, 0.1) is 5.69 Å². The number of piperidine rings is 1. The molecule has 0 radical (unpaired) electrons. The third-order valence-electron chi connectivity index (χ3n) is 5.40. The zero-order valence-corrected chi connectivity index (χ0v) is 16.0. The normalized spacial score (nSPS) is 21.2. The summed E-state index contributed by atoms with van der Waals surface area (Å²) in [6, 6.07) is 2.17. The molecule has 1 unspecified atom stereocenters. The number of carbonyl (C=O) groups is 1. The standard InChI is InChI=1S/C20H32N4O/c1-15(2)8-9-20(25)24-12-6-7-17(14-24)18-13-19(22-16(3)21-18)23-10-4-5-11-23/h13,15,17H,4-12,14H2,1-3H3. The molecule has 1 aromatic heterocycles. The van der Waals surface area contributed by atoms with E-state index in [9.17, 15) is 4.79 Å². The van der Waals surface area contributed by atoms with Gasteiger partial charge in [-0.2, -0.15) is 0 Å². The van der Waals surface area contributed by atoms with Crippen molar-refractivity contribution in [1.29, 1.82) is 0 Å². The van der Waals surface area contributed by atoms with E-state index in [-0.39, 0.29) is 0 Å². The summed E-state index contributed by atoms with van der Waals surface area (Å²) in [6.07, 6.45) is 6.34. The van der Waals surface area contributed by atoms with Crippen molar-refractivity contribution in [3.63, 3.8) is 0 Å². The van der Waals surface area contributed by atoms with Crippen molar-refractivity contribution in [2.24, 2.45) is 5.92 Å². The van der Waals surface area contributed by atoms with E-state index in [1.807, 2.05) is 6.92 Å². The van der Waals surface area contributed by atoms with Gasteiger partial charge in [-0.3, -0.25) is 4.79 Å². The predicted molar refractivity (Wildman–Crippen MR) is 101 cm³/mol. The molecular formula is C20H32N4O. The van der Waals surface area contributed by atoms with Gasteiger partial charge < -0.3 is 9.80 Å². The number of nitrogens with zero attached hydrogens (tertiary/aromatic N) is 4. The minimum absolute atomic E-state index is 0.309. The highest BCUT2D eigenvalue weighted by Gasteiger charge is 2.26. The lowest BCUT2D eigenvalue weighted by Gasteiger charge is -2.33. The largest absolute Gasteiger partial charge is 0.357 e. The van der Waals surface area contributed by atoms with E-state index in [0.29, 0.717) is 24.2 Å². The van der Waals surface area contributed by atoms with Gasteiger partial charge in [0.25, 0.3) is 0 Å². The summed E-state index contributed by atoms with van der Waals surface area (Å²) in [7, 11) is 0. The van der Waals surface area contributed by atoms with Gasteiger partial charge in [-0.25, -0.2) is 9.97 Å². The Hall–Kier alpha value is -1.65. The number of rotatable bonds is 5. The lowest BCUT2D eigenvalue weighted by molar-refractivity contribution is -0.132. The summed E-state index contributed by atoms with van der Waals surface area (Å²) in [4.78, 5) is 26.3. The number of aryl methyl sites for hydroxylation is 1. The van der Waals surface area contributed by atoms with Gasteiger partial charge in [0.15, 0.2) is 0 Å². The molecule has 0 bridgehead atoms. The Bertz CT molecular complexity index is 595. The summed E-state index contributed by atoms with van der Waals surface area (Å²) in [6.45, 7) is 10.2. The van der Waals surface area contributed by atoms with Crippen molar-refractivity contribution in [2.45, 2.75) is 65.2 Å². The van der Waals surface area contributed by atoms with E-state index in [2.05, 4.69) is 34.7 Å². The van der Waals surface area contributed by atoms with E-state index < -0.39 is 0 Å². The lowest BCUT2D eigenvalue weighted by atomic mass is 9.93. The summed E-state index contributed by atoms with van der Waals surface area (Å²) in [5, 5.41) is 0. The number of carbonyl (C=O) groups excluding carboxylic acids is 1. The Morgan fingerprint density at radius 3 is 2.68 bits per heavy atom. The summed E-state index contributed by atoms with van der Waals surface area (Å²) in [5.74, 6) is 3.16. The van der Waals surface area contributed by atoms with Crippen LogP contribution in [0.15, 0.2) is 6.07 Å². The first-order valence-corrected chi connectivity index (χ1v) is 9.91. The van der Waals surface area contributed by atoms with Gasteiger partial charge in [-0.1, -0.05) is 13.8 Å². The molecule has 5 nitrogen and oxygen atoms in total. The molecule has 0 aliphatic carbocycles. The second kappa shape index (κ2) is 8.15. The van der Waals surface area contributed by atoms with Crippen LogP contribution in [0.25, 0.3) is 0 Å². The van der Waals surface area contributed by atoms with Crippen molar-refractivity contribution in [3.05, 3.63) is 17.6 Å². The number of likely N-dealkylation sites (tertiary alicyclic amines) is 1. The topological polar surface area (TPSA) is 49.3 Å². The van der Waals surface area contributed by atoms with Crippen LogP contribution in [0.2, 0.25) is 0 Å². The first-order chi connectivity index (χ1) is 12.0. The number of hydrogen-bond acceptors (Lipinski definition) is 4. The number of amides is 1. The monoisotopic (exact) mass is 344 g/mol. The lowest BCUT2D eigenvalue weighted by Crippen LogP contribution is -2.39. The maximum Gasteiger partial charge on any atom is 0.222 e. The van der Waals surface area contributed by atoms with Crippen LogP contribution in [-0.4, -0.2) is 47.0 Å². The first kappa shape index (κ1) is 18.2. The molecule has 0 saturated carbocycles. The van der Waals surface area contributed by atoms with Crippen molar-refractivity contribution in [3.8, 4) is 0 Å². The SMILES string of the molecule is Cc1nc(C2CCCN(C(=O)CCC(C)C)C2)cc(N2CCCC2)n1. The van der Waals surface area contributed by atoms with Crippen LogP contribution in [0.4, 0.5) is 5.82 Å². The second-order valence-corrected chi connectivity index (χ2v) is 8.00. The molecule has 1 aromatic rings. The number of anilines is 1. The Morgan fingerprint density at radius 2 is 1.96 bits per heavy atom. The van der Waals surface area contributed by atoms with Crippen molar-refractivity contribution >= 4 is 11.7 Å². The molecule has 3 rings (SSSR count). The molecule has 3 heterocycles. The molecule has 0 N–H and O–H groups in total. The maximum atomic E-state index is 12.5. The minimum atomic E-state index is 0.309. The Balaban J connectivity index is 1.69. The van der Waals surface area contributed by atoms with E-state index in [4.69, 9.17) is 4.98 Å². The highest BCUT2D eigenvalue weighted by molar-refractivity contribution is 5.76. The van der Waals surface area contributed by atoms with Crippen molar-refractivity contribution in [1.82, 2.24) is 14.9 Å². The van der Waals surface area contributed by atoms with Gasteiger partial charge in [0.1, 0.15) is 11.6 Å². The van der Waals surface area contributed by atoms with Crippen LogP contribution in [0.3, 0.4) is 0 Å². The van der Waals surface area contributed by atoms with E-state index in [1.165, 1.54) is 12.8 Å². The van der Waals surface area contributed by atoms with Gasteiger partial charge >= 0.3 is 0 Å². The molecule has 5 heteroatoms. The molecule has 0 spiro atoms. The Labute approximate surface area is 151 Å². The molecule has 2 aliphatic rings. The van der Waals surface area contributed by atoms with Gasteiger partial charge in [0.2, 0.25) is 5.91 Å². The van der Waals surface area contributed by atoms with Crippen molar-refractivity contribution < 1.29 is 4.79 Å². The predicted octanol–water partition coefficient (Wildman–Crippen LogP) is 3.53. The Morgan fingerprint density at radius 1 is 1.20 bits per heavy atom. The smallest absolute Gasteiger partial charge is 0.222 e. The molecule has 1 amide bonds. The molecule has 1 atom stereocenters. The fourth-order valence-corrected chi connectivity index (χ4v) is 3.91. The molecule has 0 aromatic carbocycles. The van der Waals surface area contributed by atoms with E-state index >= 15 is 0 Å². The summed E-state index contributed by atoms with van der Waals surface area (Å²) < 4.78 is 0. The van der Waals surface area contributed by atoms with E-state index in [0.717, 1.165) is 62.8 Å². The fraction of sp³-hybridized carbons (Fsp3) is 0.750. The summed E-state index contributed by atoms with van der Waals surface area (Å²) >= 11 is 0. The van der Waals surface area contributed by atoms with Crippen molar-refractivity contribution in [2.75, 3.05) is 31.1 Å². The molecule has 138 valence electrons. The average molecular weight is 345 g/mol. The molecule has 25 heavy (non-hydrogen) atoms. The fourth-order valence-electron chi connectivity index (χ4n) is 3.91. The maximum absolute atomic E-state index is 12.5. The Kier molecular flexibility index (Phi) is 5.92. The first-order valence-electron chi connectivity index (χ1n) is 9.91. The van der Waals surface area contributed by atoms with E-state index in [1.54, 1.807) is 0 Å². The third-order valence-corrected chi connectivity index (χ3v) is 5.40. The van der Waals surface area contributed by atoms with Crippen LogP contribution < -0.4 is 4.90 Å². The minimum Gasteiger partial charge on any atom is -0.357 e. The zero-order chi connectivity index (χ0) is 17.8. The van der Waals surface area contributed by atoms with Crippen LogP contribution in [0, 0.1) is 12.8 Å². The summed E-state index contributed by atoms with van der Waals surface area (Å²) in [5.41, 5.74) is 1.12. The zero-order valence-electron chi connectivity index (χ0n) is 16.0. The third kappa shape index (κ3) is 4.71. The molecular weight excluding hydrogens is 312 g/mol. The van der Waals surface area contributed by atoms with Gasteiger partial charge in [0, 0.05) is 44.6 Å². The van der Waals surface area contributed by atoms with Crippen LogP contribution in [0.1, 0.15) is 69.8 Å². The second-order valence-electron chi connectivity index (χ2n) is 8.00. The quantitative estimate of drug-likeness (QED) is 0.820. The van der Waals surface area contributed by atoms with Crippen LogP contribution in [0.5, 0.6) is 0 Å². The highest BCUT2D eigenvalue weighted by atomic mass is 16.2. The number of hydrogen-bond donors (Lipinski definition) is 0. The van der Waals surface area contributed by atoms with Gasteiger partial charge in [-0.05, 0) is 44.9 Å². The highest BCUT2D eigenvalue weighted by Crippen LogP contribution is 2.29. The van der Waals surface area contributed by atoms with Crippen LogP contribution >= 0.6 is 0 Å². The molecule has 2 fully saturated rings. The molecule has 2 aliphatic heterocycles. The van der Waals surface area contributed by atoms with Crippen LogP contribution in [-0.2, 0) is 4.79 Å². The average Bonchev–Trinajstić information content (AvgIpc) is 3.14. The number of aromatic nitrogens is 2.